The molecule has 1 aliphatic rings. The van der Waals surface area contributed by atoms with E-state index in [1.54, 1.807) is 23.7 Å². The summed E-state index contributed by atoms with van der Waals surface area (Å²) in [7, 11) is -3.62. The molecule has 0 aromatic carbocycles. The van der Waals surface area contributed by atoms with E-state index in [2.05, 4.69) is 10.3 Å². The Morgan fingerprint density at radius 1 is 1.45 bits per heavy atom. The van der Waals surface area contributed by atoms with Crippen LogP contribution in [0.5, 0.6) is 0 Å². The largest absolute Gasteiger partial charge is 0.301 e. The average Bonchev–Trinajstić information content (AvgIpc) is 3.18. The van der Waals surface area contributed by atoms with Crippen molar-refractivity contribution >= 4 is 43.7 Å². The first-order valence-corrected chi connectivity index (χ1v) is 9.91. The summed E-state index contributed by atoms with van der Waals surface area (Å²) in [5.74, 6) is -0.315. The molecule has 1 unspecified atom stereocenters. The maximum absolute atomic E-state index is 12.7. The Morgan fingerprint density at radius 2 is 2.27 bits per heavy atom. The third kappa shape index (κ3) is 2.94. The number of carbonyl (C=O) groups excluding carboxylic acids is 1. The molecule has 0 saturated carbocycles. The predicted molar refractivity (Wildman–Crippen MR) is 86.7 cm³/mol. The second-order valence-electron chi connectivity index (χ2n) is 4.97. The summed E-state index contributed by atoms with van der Waals surface area (Å²) in [5, 5.41) is 4.93. The van der Waals surface area contributed by atoms with Crippen LogP contribution in [-0.4, -0.2) is 36.2 Å². The van der Waals surface area contributed by atoms with Crippen molar-refractivity contribution in [1.29, 1.82) is 0 Å². The first-order valence-electron chi connectivity index (χ1n) is 6.77. The summed E-state index contributed by atoms with van der Waals surface area (Å²) >= 11 is 2.54. The maximum Gasteiger partial charge on any atom is 0.253 e. The van der Waals surface area contributed by atoms with E-state index in [1.165, 1.54) is 27.0 Å². The molecule has 22 heavy (non-hydrogen) atoms. The lowest BCUT2D eigenvalue weighted by molar-refractivity contribution is -0.119. The Hall–Kier alpha value is -1.29. The quantitative estimate of drug-likeness (QED) is 0.911. The summed E-state index contributed by atoms with van der Waals surface area (Å²) in [6.07, 6.45) is 2.80. The molecule has 1 aliphatic heterocycles. The van der Waals surface area contributed by atoms with Crippen molar-refractivity contribution in [2.24, 2.45) is 0 Å². The fourth-order valence-electron chi connectivity index (χ4n) is 2.43. The molecule has 1 N–H and O–H groups in total. The fourth-order valence-corrected chi connectivity index (χ4v) is 6.03. The lowest BCUT2D eigenvalue weighted by atomic mass is 10.2. The van der Waals surface area contributed by atoms with Gasteiger partial charge in [0.1, 0.15) is 10.3 Å². The van der Waals surface area contributed by atoms with Crippen LogP contribution in [0, 0.1) is 6.92 Å². The second-order valence-corrected chi connectivity index (χ2v) is 9.27. The Balaban J connectivity index is 1.82. The number of thiazole rings is 1. The predicted octanol–water partition coefficient (Wildman–Crippen LogP) is 2.30. The Morgan fingerprint density at radius 3 is 2.91 bits per heavy atom. The number of sulfonamides is 1. The van der Waals surface area contributed by atoms with Crippen LogP contribution < -0.4 is 5.32 Å². The summed E-state index contributed by atoms with van der Waals surface area (Å²) in [6.45, 7) is 2.23. The van der Waals surface area contributed by atoms with Crippen LogP contribution in [0.1, 0.15) is 17.7 Å². The van der Waals surface area contributed by atoms with E-state index in [9.17, 15) is 13.2 Å². The molecule has 0 radical (unpaired) electrons. The van der Waals surface area contributed by atoms with Gasteiger partial charge in [-0.15, -0.1) is 22.7 Å². The van der Waals surface area contributed by atoms with Crippen molar-refractivity contribution in [2.75, 3.05) is 11.9 Å². The highest BCUT2D eigenvalue weighted by atomic mass is 32.2. The van der Waals surface area contributed by atoms with Crippen molar-refractivity contribution < 1.29 is 13.2 Å². The molecule has 9 heteroatoms. The molecule has 118 valence electrons. The van der Waals surface area contributed by atoms with Gasteiger partial charge in [-0.2, -0.15) is 4.31 Å². The van der Waals surface area contributed by atoms with Crippen molar-refractivity contribution in [1.82, 2.24) is 9.29 Å². The van der Waals surface area contributed by atoms with Crippen molar-refractivity contribution in [3.63, 3.8) is 0 Å². The minimum atomic E-state index is -3.62. The normalized spacial score (nSPS) is 19.4. The number of hydrogen-bond donors (Lipinski definition) is 1. The molecule has 0 aliphatic carbocycles. The van der Waals surface area contributed by atoms with Gasteiger partial charge in [-0.3, -0.25) is 4.79 Å². The number of anilines is 1. The number of hydrogen-bond acceptors (Lipinski definition) is 6. The standard InChI is InChI=1S/C13H15N3O3S3/c1-9-4-5-11(21-9)22(18,19)16-7-2-3-10(16)12(17)15-13-14-6-8-20-13/h4-6,8,10H,2-3,7H2,1H3,(H,14,15,17). The third-order valence-corrected chi connectivity index (χ3v) is 7.51. The molecule has 0 spiro atoms. The highest BCUT2D eigenvalue weighted by Crippen LogP contribution is 2.30. The number of carbonyl (C=O) groups is 1. The summed E-state index contributed by atoms with van der Waals surface area (Å²) in [4.78, 5) is 17.3. The summed E-state index contributed by atoms with van der Waals surface area (Å²) in [5.41, 5.74) is 0. The van der Waals surface area contributed by atoms with Gasteiger partial charge in [0.05, 0.1) is 0 Å². The van der Waals surface area contributed by atoms with Gasteiger partial charge >= 0.3 is 0 Å². The Kier molecular flexibility index (Phi) is 4.31. The Bertz CT molecular complexity index is 768. The molecular weight excluding hydrogens is 342 g/mol. The van der Waals surface area contributed by atoms with Crippen molar-refractivity contribution in [2.45, 2.75) is 30.0 Å². The monoisotopic (exact) mass is 357 g/mol. The third-order valence-electron chi connectivity index (χ3n) is 3.45. The van der Waals surface area contributed by atoms with Gasteiger partial charge < -0.3 is 5.32 Å². The zero-order chi connectivity index (χ0) is 15.7. The van der Waals surface area contributed by atoms with Gasteiger partial charge in [-0.05, 0) is 31.9 Å². The molecule has 1 fully saturated rings. The zero-order valence-electron chi connectivity index (χ0n) is 11.9. The molecule has 6 nitrogen and oxygen atoms in total. The molecular formula is C13H15N3O3S3. The van der Waals surface area contributed by atoms with Gasteiger partial charge in [0.25, 0.3) is 10.0 Å². The molecule has 1 atom stereocenters. The van der Waals surface area contributed by atoms with Crippen LogP contribution >= 0.6 is 22.7 Å². The zero-order valence-corrected chi connectivity index (χ0v) is 14.3. The molecule has 2 aromatic heterocycles. The summed E-state index contributed by atoms with van der Waals surface area (Å²) < 4.78 is 27.0. The first-order chi connectivity index (χ1) is 10.5. The minimum Gasteiger partial charge on any atom is -0.301 e. The molecule has 1 saturated heterocycles. The van der Waals surface area contributed by atoms with Crippen molar-refractivity contribution in [3.05, 3.63) is 28.6 Å². The van der Waals surface area contributed by atoms with Crippen LogP contribution in [-0.2, 0) is 14.8 Å². The number of thiophene rings is 1. The van der Waals surface area contributed by atoms with Gasteiger partial charge in [0.15, 0.2) is 5.13 Å². The lowest BCUT2D eigenvalue weighted by Gasteiger charge is -2.22. The maximum atomic E-state index is 12.7. The van der Waals surface area contributed by atoms with Crippen LogP contribution in [0.2, 0.25) is 0 Å². The van der Waals surface area contributed by atoms with E-state index < -0.39 is 16.1 Å². The van der Waals surface area contributed by atoms with E-state index in [0.717, 1.165) is 4.88 Å². The topological polar surface area (TPSA) is 79.4 Å². The van der Waals surface area contributed by atoms with E-state index in [-0.39, 0.29) is 5.91 Å². The molecule has 3 rings (SSSR count). The number of nitrogens with zero attached hydrogens (tertiary/aromatic N) is 2. The number of nitrogens with one attached hydrogen (secondary N) is 1. The minimum absolute atomic E-state index is 0.291. The number of rotatable bonds is 4. The van der Waals surface area contributed by atoms with Crippen LogP contribution in [0.4, 0.5) is 5.13 Å². The molecule has 2 aromatic rings. The number of aromatic nitrogens is 1. The Labute approximate surface area is 136 Å². The number of aryl methyl sites for hydroxylation is 1. The van der Waals surface area contributed by atoms with Crippen molar-refractivity contribution in [3.8, 4) is 0 Å². The van der Waals surface area contributed by atoms with Gasteiger partial charge in [-0.25, -0.2) is 13.4 Å². The van der Waals surface area contributed by atoms with Crippen LogP contribution in [0.3, 0.4) is 0 Å². The van der Waals surface area contributed by atoms with Gasteiger partial charge in [0.2, 0.25) is 5.91 Å². The summed E-state index contributed by atoms with van der Waals surface area (Å²) in [6, 6.07) is 2.71. The lowest BCUT2D eigenvalue weighted by Crippen LogP contribution is -2.42. The first kappa shape index (κ1) is 15.6. The van der Waals surface area contributed by atoms with E-state index in [0.29, 0.717) is 28.7 Å². The molecule has 0 bridgehead atoms. The van der Waals surface area contributed by atoms with Gasteiger partial charge in [0, 0.05) is 23.0 Å². The molecule has 3 heterocycles. The highest BCUT2D eigenvalue weighted by molar-refractivity contribution is 7.91. The average molecular weight is 357 g/mol. The van der Waals surface area contributed by atoms with E-state index >= 15 is 0 Å². The second kappa shape index (κ2) is 6.07. The molecule has 1 amide bonds. The highest BCUT2D eigenvalue weighted by Gasteiger charge is 2.40. The van der Waals surface area contributed by atoms with Gasteiger partial charge in [-0.1, -0.05) is 0 Å². The van der Waals surface area contributed by atoms with E-state index in [4.69, 9.17) is 0 Å². The van der Waals surface area contributed by atoms with Crippen LogP contribution in [0.25, 0.3) is 0 Å². The van der Waals surface area contributed by atoms with E-state index in [1.807, 2.05) is 6.92 Å². The fraction of sp³-hybridized carbons (Fsp3) is 0.385. The smallest absolute Gasteiger partial charge is 0.253 e. The SMILES string of the molecule is Cc1ccc(S(=O)(=O)N2CCCC2C(=O)Nc2nccs2)s1. The van der Waals surface area contributed by atoms with Crippen LogP contribution in [0.15, 0.2) is 27.9 Å². The number of amides is 1.